The van der Waals surface area contributed by atoms with Crippen LogP contribution in [-0.2, 0) is 6.42 Å². The second-order valence-electron chi connectivity index (χ2n) is 4.23. The van der Waals surface area contributed by atoms with Crippen LogP contribution in [0.3, 0.4) is 0 Å². The Morgan fingerprint density at radius 1 is 1.24 bits per heavy atom. The fourth-order valence-corrected chi connectivity index (χ4v) is 1.91. The highest BCUT2D eigenvalue weighted by Crippen LogP contribution is 2.20. The fourth-order valence-electron chi connectivity index (χ4n) is 1.91. The van der Waals surface area contributed by atoms with Crippen molar-refractivity contribution < 1.29 is 0 Å². The van der Waals surface area contributed by atoms with E-state index in [0.29, 0.717) is 0 Å². The van der Waals surface area contributed by atoms with Crippen molar-refractivity contribution in [3.05, 3.63) is 35.7 Å². The van der Waals surface area contributed by atoms with Crippen LogP contribution in [0.1, 0.15) is 24.7 Å². The van der Waals surface area contributed by atoms with E-state index < -0.39 is 0 Å². The number of benzene rings is 1. The van der Waals surface area contributed by atoms with Crippen LogP contribution in [-0.4, -0.2) is 17.0 Å². The molecule has 2 rings (SSSR count). The van der Waals surface area contributed by atoms with E-state index in [2.05, 4.69) is 53.4 Å². The molecule has 0 aliphatic carbocycles. The minimum atomic E-state index is 0.966. The highest BCUT2D eigenvalue weighted by atomic mass is 14.9. The number of rotatable bonds is 4. The molecule has 0 radical (unpaired) electrons. The monoisotopic (exact) mass is 229 g/mol. The van der Waals surface area contributed by atoms with E-state index in [1.54, 1.807) is 0 Å². The van der Waals surface area contributed by atoms with Gasteiger partial charge >= 0.3 is 0 Å². The van der Waals surface area contributed by atoms with Crippen LogP contribution in [0.2, 0.25) is 0 Å². The Morgan fingerprint density at radius 3 is 2.53 bits per heavy atom. The zero-order chi connectivity index (χ0) is 12.3. The summed E-state index contributed by atoms with van der Waals surface area (Å²) in [7, 11) is 1.92. The Morgan fingerprint density at radius 2 is 1.94 bits per heavy atom. The molecule has 1 aromatic heterocycles. The summed E-state index contributed by atoms with van der Waals surface area (Å²) in [4.78, 5) is 8.00. The van der Waals surface area contributed by atoms with Gasteiger partial charge < -0.3 is 10.3 Å². The van der Waals surface area contributed by atoms with Gasteiger partial charge in [-0.2, -0.15) is 0 Å². The Hall–Kier alpha value is -1.77. The summed E-state index contributed by atoms with van der Waals surface area (Å²) in [5.74, 6) is 0.966. The van der Waals surface area contributed by atoms with Crippen LogP contribution in [0, 0.1) is 6.92 Å². The van der Waals surface area contributed by atoms with E-state index in [9.17, 15) is 0 Å². The lowest BCUT2D eigenvalue weighted by Crippen LogP contribution is -1.88. The van der Waals surface area contributed by atoms with Crippen molar-refractivity contribution in [1.29, 1.82) is 0 Å². The lowest BCUT2D eigenvalue weighted by atomic mass is 10.2. The Labute approximate surface area is 102 Å². The summed E-state index contributed by atoms with van der Waals surface area (Å²) in [6, 6.07) is 8.29. The predicted molar refractivity (Wildman–Crippen MR) is 72.3 cm³/mol. The zero-order valence-electron chi connectivity index (χ0n) is 10.7. The van der Waals surface area contributed by atoms with Gasteiger partial charge in [-0.25, -0.2) is 4.98 Å². The fraction of sp³-hybridized carbons (Fsp3) is 0.357. The SMILES string of the molecule is CCCc1nc(-c2ccc(NC)cc2)[nH]c1C. The average Bonchev–Trinajstić information content (AvgIpc) is 2.72. The van der Waals surface area contributed by atoms with Gasteiger partial charge in [0.25, 0.3) is 0 Å². The molecule has 3 nitrogen and oxygen atoms in total. The second-order valence-corrected chi connectivity index (χ2v) is 4.23. The minimum Gasteiger partial charge on any atom is -0.388 e. The molecular formula is C14H19N3. The third kappa shape index (κ3) is 2.49. The third-order valence-electron chi connectivity index (χ3n) is 2.92. The van der Waals surface area contributed by atoms with Gasteiger partial charge in [0.2, 0.25) is 0 Å². The van der Waals surface area contributed by atoms with E-state index >= 15 is 0 Å². The molecule has 0 unspecified atom stereocenters. The Bertz CT molecular complexity index is 483. The number of hydrogen-bond donors (Lipinski definition) is 2. The van der Waals surface area contributed by atoms with Crippen LogP contribution in [0.15, 0.2) is 24.3 Å². The summed E-state index contributed by atoms with van der Waals surface area (Å²) in [5, 5.41) is 3.11. The van der Waals surface area contributed by atoms with Crippen LogP contribution < -0.4 is 5.32 Å². The highest BCUT2D eigenvalue weighted by molar-refractivity contribution is 5.60. The van der Waals surface area contributed by atoms with E-state index in [1.807, 2.05) is 7.05 Å². The first-order chi connectivity index (χ1) is 8.24. The van der Waals surface area contributed by atoms with Crippen molar-refractivity contribution in [3.63, 3.8) is 0 Å². The van der Waals surface area contributed by atoms with Crippen molar-refractivity contribution in [3.8, 4) is 11.4 Å². The molecule has 2 N–H and O–H groups in total. The van der Waals surface area contributed by atoms with Crippen LogP contribution in [0.5, 0.6) is 0 Å². The summed E-state index contributed by atoms with van der Waals surface area (Å²) in [6.45, 7) is 4.26. The van der Waals surface area contributed by atoms with E-state index in [4.69, 9.17) is 0 Å². The van der Waals surface area contributed by atoms with Crippen molar-refractivity contribution in [2.75, 3.05) is 12.4 Å². The zero-order valence-corrected chi connectivity index (χ0v) is 10.7. The number of hydrogen-bond acceptors (Lipinski definition) is 2. The van der Waals surface area contributed by atoms with Crippen molar-refractivity contribution in [1.82, 2.24) is 9.97 Å². The lowest BCUT2D eigenvalue weighted by Gasteiger charge is -2.00. The molecule has 90 valence electrons. The number of imidazole rings is 1. The quantitative estimate of drug-likeness (QED) is 0.843. The first-order valence-corrected chi connectivity index (χ1v) is 6.08. The largest absolute Gasteiger partial charge is 0.388 e. The summed E-state index contributed by atoms with van der Waals surface area (Å²) >= 11 is 0. The molecule has 1 aromatic carbocycles. The highest BCUT2D eigenvalue weighted by Gasteiger charge is 2.07. The van der Waals surface area contributed by atoms with Gasteiger partial charge in [0.05, 0.1) is 5.69 Å². The number of anilines is 1. The normalized spacial score (nSPS) is 10.5. The molecule has 1 heterocycles. The summed E-state index contributed by atoms with van der Waals surface area (Å²) in [6.07, 6.45) is 2.17. The molecule has 0 aliphatic heterocycles. The number of aromatic amines is 1. The first-order valence-electron chi connectivity index (χ1n) is 6.08. The average molecular weight is 229 g/mol. The third-order valence-corrected chi connectivity index (χ3v) is 2.92. The smallest absolute Gasteiger partial charge is 0.137 e. The maximum absolute atomic E-state index is 4.65. The van der Waals surface area contributed by atoms with Gasteiger partial charge in [0.1, 0.15) is 5.82 Å². The number of H-pyrrole nitrogens is 1. The van der Waals surface area contributed by atoms with Gasteiger partial charge in [-0.15, -0.1) is 0 Å². The molecule has 0 fully saturated rings. The van der Waals surface area contributed by atoms with Gasteiger partial charge in [0, 0.05) is 24.0 Å². The number of aryl methyl sites for hydroxylation is 2. The topological polar surface area (TPSA) is 40.7 Å². The van der Waals surface area contributed by atoms with Crippen LogP contribution in [0.4, 0.5) is 5.69 Å². The van der Waals surface area contributed by atoms with Gasteiger partial charge in [0.15, 0.2) is 0 Å². The van der Waals surface area contributed by atoms with Crippen LogP contribution in [0.25, 0.3) is 11.4 Å². The summed E-state index contributed by atoms with van der Waals surface area (Å²) in [5.41, 5.74) is 4.61. The van der Waals surface area contributed by atoms with Crippen LogP contribution >= 0.6 is 0 Å². The number of nitrogens with zero attached hydrogens (tertiary/aromatic N) is 1. The second kappa shape index (κ2) is 5.04. The van der Waals surface area contributed by atoms with E-state index in [1.165, 1.54) is 11.4 Å². The maximum atomic E-state index is 4.65. The molecule has 3 heteroatoms. The standard InChI is InChI=1S/C14H19N3/c1-4-5-13-10(2)16-14(17-13)11-6-8-12(15-3)9-7-11/h6-9,15H,4-5H2,1-3H3,(H,16,17). The minimum absolute atomic E-state index is 0.966. The van der Waals surface area contributed by atoms with Gasteiger partial charge in [-0.3, -0.25) is 0 Å². The molecule has 0 saturated carbocycles. The van der Waals surface area contributed by atoms with Crippen molar-refractivity contribution in [2.45, 2.75) is 26.7 Å². The maximum Gasteiger partial charge on any atom is 0.137 e. The van der Waals surface area contributed by atoms with E-state index in [-0.39, 0.29) is 0 Å². The lowest BCUT2D eigenvalue weighted by molar-refractivity contribution is 0.883. The molecule has 0 atom stereocenters. The molecule has 17 heavy (non-hydrogen) atoms. The molecule has 0 spiro atoms. The van der Waals surface area contributed by atoms with Gasteiger partial charge in [-0.1, -0.05) is 13.3 Å². The molecular weight excluding hydrogens is 210 g/mol. The predicted octanol–water partition coefficient (Wildman–Crippen LogP) is 3.38. The number of nitrogens with one attached hydrogen (secondary N) is 2. The molecule has 0 bridgehead atoms. The van der Waals surface area contributed by atoms with Crippen molar-refractivity contribution >= 4 is 5.69 Å². The first kappa shape index (κ1) is 11.7. The number of aromatic nitrogens is 2. The Kier molecular flexibility index (Phi) is 3.47. The Balaban J connectivity index is 2.29. The van der Waals surface area contributed by atoms with Gasteiger partial charge in [-0.05, 0) is 37.6 Å². The van der Waals surface area contributed by atoms with E-state index in [0.717, 1.165) is 29.9 Å². The molecule has 0 saturated heterocycles. The molecule has 0 aliphatic rings. The molecule has 2 aromatic rings. The summed E-state index contributed by atoms with van der Waals surface area (Å²) < 4.78 is 0. The molecule has 0 amide bonds. The van der Waals surface area contributed by atoms with Crippen molar-refractivity contribution in [2.24, 2.45) is 0 Å².